The number of benzene rings is 2. The molecule has 2 rings (SSSR count). The monoisotopic (exact) mass is 375 g/mol. The van der Waals surface area contributed by atoms with Gasteiger partial charge in [0, 0.05) is 0 Å². The Morgan fingerprint density at radius 2 is 1.68 bits per heavy atom. The van der Waals surface area contributed by atoms with Crippen molar-refractivity contribution < 1.29 is 26.0 Å². The fraction of sp³-hybridized carbons (Fsp3) is 0.294. The largest absolute Gasteiger partial charge is 0.418 e. The van der Waals surface area contributed by atoms with Gasteiger partial charge in [-0.25, -0.2) is 12.8 Å². The number of hydrogen-bond donors (Lipinski definition) is 1. The molecule has 2 aromatic rings. The fourth-order valence-electron chi connectivity index (χ4n) is 2.26. The lowest BCUT2D eigenvalue weighted by molar-refractivity contribution is -0.137. The molecule has 0 atom stereocenters. The Kier molecular flexibility index (Phi) is 5.72. The number of unbranched alkanes of at least 4 members (excludes halogenated alkanes) is 1. The van der Waals surface area contributed by atoms with Gasteiger partial charge in [0.2, 0.25) is 0 Å². The Bertz CT molecular complexity index is 831. The zero-order valence-electron chi connectivity index (χ0n) is 13.4. The Balaban J connectivity index is 2.30. The molecule has 0 fully saturated rings. The van der Waals surface area contributed by atoms with Crippen LogP contribution in [0, 0.1) is 5.82 Å². The maximum absolute atomic E-state index is 13.1. The Hall–Kier alpha value is -2.09. The van der Waals surface area contributed by atoms with Gasteiger partial charge in [-0.3, -0.25) is 4.72 Å². The topological polar surface area (TPSA) is 46.2 Å². The number of aryl methyl sites for hydroxylation is 1. The smallest absolute Gasteiger partial charge is 0.279 e. The second kappa shape index (κ2) is 7.43. The molecule has 3 nitrogen and oxygen atoms in total. The number of rotatable bonds is 6. The quantitative estimate of drug-likeness (QED) is 0.723. The highest BCUT2D eigenvalue weighted by Gasteiger charge is 2.35. The number of alkyl halides is 3. The second-order valence-electron chi connectivity index (χ2n) is 5.54. The van der Waals surface area contributed by atoms with Crippen LogP contribution in [0.3, 0.4) is 0 Å². The Labute approximate surface area is 143 Å². The van der Waals surface area contributed by atoms with Gasteiger partial charge < -0.3 is 0 Å². The third kappa shape index (κ3) is 4.94. The first kappa shape index (κ1) is 19.2. The Morgan fingerprint density at radius 1 is 1.04 bits per heavy atom. The van der Waals surface area contributed by atoms with Crippen molar-refractivity contribution in [2.24, 2.45) is 0 Å². The molecule has 0 unspecified atom stereocenters. The molecule has 0 radical (unpaired) electrons. The van der Waals surface area contributed by atoms with Crippen LogP contribution in [-0.4, -0.2) is 8.42 Å². The second-order valence-corrected chi connectivity index (χ2v) is 7.22. The summed E-state index contributed by atoms with van der Waals surface area (Å²) in [4.78, 5) is -0.162. The molecule has 0 bridgehead atoms. The highest BCUT2D eigenvalue weighted by atomic mass is 32.2. The summed E-state index contributed by atoms with van der Waals surface area (Å²) in [5.41, 5.74) is -1.15. The van der Waals surface area contributed by atoms with E-state index in [9.17, 15) is 26.0 Å². The molecule has 25 heavy (non-hydrogen) atoms. The van der Waals surface area contributed by atoms with Crippen LogP contribution < -0.4 is 4.72 Å². The Morgan fingerprint density at radius 3 is 2.24 bits per heavy atom. The molecule has 0 spiro atoms. The lowest BCUT2D eigenvalue weighted by Gasteiger charge is -2.15. The zero-order valence-corrected chi connectivity index (χ0v) is 14.2. The van der Waals surface area contributed by atoms with E-state index in [1.807, 2.05) is 11.6 Å². The highest BCUT2D eigenvalue weighted by molar-refractivity contribution is 7.92. The van der Waals surface area contributed by atoms with Gasteiger partial charge in [0.25, 0.3) is 10.0 Å². The van der Waals surface area contributed by atoms with E-state index in [2.05, 4.69) is 0 Å². The first-order chi connectivity index (χ1) is 11.6. The third-order valence-electron chi connectivity index (χ3n) is 3.58. The predicted octanol–water partition coefficient (Wildman–Crippen LogP) is 4.99. The van der Waals surface area contributed by atoms with E-state index in [1.165, 1.54) is 12.1 Å². The molecular weight excluding hydrogens is 358 g/mol. The molecule has 2 aromatic carbocycles. The van der Waals surface area contributed by atoms with Crippen LogP contribution in [0.15, 0.2) is 47.4 Å². The standard InChI is InChI=1S/C17H17F4NO2S/c1-2-3-4-12-5-8-14(9-6-12)25(23,24)22-16-10-7-13(18)11-15(16)17(19,20)21/h5-11,22H,2-4H2,1H3. The lowest BCUT2D eigenvalue weighted by Crippen LogP contribution is -2.17. The van der Waals surface area contributed by atoms with Crippen LogP contribution in [0.25, 0.3) is 0 Å². The van der Waals surface area contributed by atoms with Crippen molar-refractivity contribution in [1.82, 2.24) is 0 Å². The van der Waals surface area contributed by atoms with E-state index in [4.69, 9.17) is 0 Å². The minimum atomic E-state index is -4.88. The fourth-order valence-corrected chi connectivity index (χ4v) is 3.34. The first-order valence-corrected chi connectivity index (χ1v) is 9.10. The molecule has 8 heteroatoms. The summed E-state index contributed by atoms with van der Waals surface area (Å²) >= 11 is 0. The van der Waals surface area contributed by atoms with E-state index in [-0.39, 0.29) is 11.0 Å². The number of halogens is 4. The molecule has 0 saturated heterocycles. The maximum Gasteiger partial charge on any atom is 0.418 e. The number of hydrogen-bond acceptors (Lipinski definition) is 2. The molecule has 0 heterocycles. The van der Waals surface area contributed by atoms with E-state index < -0.39 is 33.3 Å². The molecule has 0 aliphatic carbocycles. The van der Waals surface area contributed by atoms with Gasteiger partial charge in [-0.2, -0.15) is 13.2 Å². The average Bonchev–Trinajstić information content (AvgIpc) is 2.54. The van der Waals surface area contributed by atoms with E-state index >= 15 is 0 Å². The molecule has 0 saturated carbocycles. The van der Waals surface area contributed by atoms with Crippen LogP contribution in [-0.2, 0) is 22.6 Å². The molecule has 0 aromatic heterocycles. The normalized spacial score (nSPS) is 12.2. The van der Waals surface area contributed by atoms with Crippen molar-refractivity contribution in [3.8, 4) is 0 Å². The molecular formula is C17H17F4NO2S. The van der Waals surface area contributed by atoms with E-state index in [0.717, 1.165) is 37.0 Å². The highest BCUT2D eigenvalue weighted by Crippen LogP contribution is 2.36. The van der Waals surface area contributed by atoms with Crippen molar-refractivity contribution in [3.63, 3.8) is 0 Å². The van der Waals surface area contributed by atoms with Crippen molar-refractivity contribution in [1.29, 1.82) is 0 Å². The molecule has 136 valence electrons. The van der Waals surface area contributed by atoms with Crippen molar-refractivity contribution >= 4 is 15.7 Å². The summed E-state index contributed by atoms with van der Waals surface area (Å²) < 4.78 is 78.6. The zero-order chi connectivity index (χ0) is 18.7. The summed E-state index contributed by atoms with van der Waals surface area (Å²) in [6.45, 7) is 2.03. The summed E-state index contributed by atoms with van der Waals surface area (Å²) in [6, 6.07) is 7.70. The lowest BCUT2D eigenvalue weighted by atomic mass is 10.1. The van der Waals surface area contributed by atoms with Crippen molar-refractivity contribution in [2.75, 3.05) is 4.72 Å². The van der Waals surface area contributed by atoms with Gasteiger partial charge in [0.05, 0.1) is 16.1 Å². The predicted molar refractivity (Wildman–Crippen MR) is 87.3 cm³/mol. The van der Waals surface area contributed by atoms with Crippen LogP contribution in [0.5, 0.6) is 0 Å². The minimum Gasteiger partial charge on any atom is -0.279 e. The summed E-state index contributed by atoms with van der Waals surface area (Å²) in [5, 5.41) is 0. The van der Waals surface area contributed by atoms with Gasteiger partial charge in [0.15, 0.2) is 0 Å². The summed E-state index contributed by atoms with van der Waals surface area (Å²) in [6.07, 6.45) is -2.15. The van der Waals surface area contributed by atoms with Crippen LogP contribution in [0.4, 0.5) is 23.2 Å². The molecule has 0 aliphatic heterocycles. The van der Waals surface area contributed by atoms with Crippen LogP contribution >= 0.6 is 0 Å². The summed E-state index contributed by atoms with van der Waals surface area (Å²) in [5.74, 6) is -1.10. The van der Waals surface area contributed by atoms with Crippen molar-refractivity contribution in [3.05, 3.63) is 59.4 Å². The van der Waals surface area contributed by atoms with E-state index in [0.29, 0.717) is 0 Å². The van der Waals surface area contributed by atoms with Crippen LogP contribution in [0.1, 0.15) is 30.9 Å². The third-order valence-corrected chi connectivity index (χ3v) is 4.97. The van der Waals surface area contributed by atoms with Gasteiger partial charge in [-0.05, 0) is 48.7 Å². The van der Waals surface area contributed by atoms with Crippen LogP contribution in [0.2, 0.25) is 0 Å². The SMILES string of the molecule is CCCCc1ccc(S(=O)(=O)Nc2ccc(F)cc2C(F)(F)F)cc1. The van der Waals surface area contributed by atoms with Gasteiger partial charge in [-0.1, -0.05) is 25.5 Å². The minimum absolute atomic E-state index is 0.162. The number of nitrogens with one attached hydrogen (secondary N) is 1. The number of sulfonamides is 1. The van der Waals surface area contributed by atoms with Gasteiger partial charge >= 0.3 is 6.18 Å². The maximum atomic E-state index is 13.1. The molecule has 0 amide bonds. The van der Waals surface area contributed by atoms with E-state index in [1.54, 1.807) is 12.1 Å². The average molecular weight is 375 g/mol. The van der Waals surface area contributed by atoms with Crippen molar-refractivity contribution in [2.45, 2.75) is 37.3 Å². The van der Waals surface area contributed by atoms with Gasteiger partial charge in [0.1, 0.15) is 5.82 Å². The molecule has 1 N–H and O–H groups in total. The number of anilines is 1. The van der Waals surface area contributed by atoms with Gasteiger partial charge in [-0.15, -0.1) is 0 Å². The summed E-state index contributed by atoms with van der Waals surface area (Å²) in [7, 11) is -4.22. The first-order valence-electron chi connectivity index (χ1n) is 7.62. The molecule has 0 aliphatic rings.